The quantitative estimate of drug-likeness (QED) is 0.367. The Bertz CT molecular complexity index is 1120. The van der Waals surface area contributed by atoms with Gasteiger partial charge in [-0.05, 0) is 83.3 Å². The molecule has 5 heteroatoms. The van der Waals surface area contributed by atoms with Crippen molar-refractivity contribution in [2.75, 3.05) is 26.8 Å². The number of halogens is 1. The van der Waals surface area contributed by atoms with Crippen molar-refractivity contribution in [3.05, 3.63) is 88.7 Å². The van der Waals surface area contributed by atoms with Crippen LogP contribution in [0.15, 0.2) is 60.7 Å². The van der Waals surface area contributed by atoms with Gasteiger partial charge in [0.15, 0.2) is 11.6 Å². The third-order valence-electron chi connectivity index (χ3n) is 5.68. The first kappa shape index (κ1) is 21.9. The van der Waals surface area contributed by atoms with Crippen LogP contribution in [0.5, 0.6) is 17.2 Å². The summed E-state index contributed by atoms with van der Waals surface area (Å²) in [6.45, 7) is 3.84. The molecule has 0 unspecified atom stereocenters. The highest BCUT2D eigenvalue weighted by Gasteiger charge is 2.18. The number of benzene rings is 3. The van der Waals surface area contributed by atoms with Gasteiger partial charge in [0.05, 0.1) is 6.61 Å². The number of ether oxygens (including phenoxy) is 2. The van der Waals surface area contributed by atoms with E-state index in [1.54, 1.807) is 18.2 Å². The monoisotopic (exact) mass is 433 g/mol. The lowest BCUT2D eigenvalue weighted by atomic mass is 9.87. The first-order chi connectivity index (χ1) is 15.6. The van der Waals surface area contributed by atoms with E-state index in [9.17, 15) is 9.50 Å². The molecule has 0 radical (unpaired) electrons. The summed E-state index contributed by atoms with van der Waals surface area (Å²) in [4.78, 5) is 0. The molecule has 0 aliphatic carbocycles. The molecule has 0 atom stereocenters. The van der Waals surface area contributed by atoms with E-state index in [0.29, 0.717) is 19.8 Å². The molecule has 4 rings (SSSR count). The molecule has 0 saturated carbocycles. The van der Waals surface area contributed by atoms with Crippen molar-refractivity contribution >= 4 is 11.1 Å². The molecule has 0 bridgehead atoms. The number of aromatic hydroxyl groups is 1. The zero-order valence-electron chi connectivity index (χ0n) is 18.5. The van der Waals surface area contributed by atoms with Crippen LogP contribution in [0.25, 0.3) is 11.1 Å². The standard InChI is InChI=1S/C27H28FNO3/c1-3-23(19-6-10-25-20(16-19)12-14-31-25)27(18-4-8-22(30)9-5-18)21-7-11-26(24(28)17-21)32-15-13-29-2/h4-11,16-17,29-30H,3,12-15H2,1-2H3/b27-23+. The summed E-state index contributed by atoms with van der Waals surface area (Å²) in [6.07, 6.45) is 1.65. The van der Waals surface area contributed by atoms with Crippen LogP contribution in [0.3, 0.4) is 0 Å². The van der Waals surface area contributed by atoms with Gasteiger partial charge in [0, 0.05) is 13.0 Å². The highest BCUT2D eigenvalue weighted by molar-refractivity contribution is 5.98. The van der Waals surface area contributed by atoms with Gasteiger partial charge in [-0.3, -0.25) is 0 Å². The van der Waals surface area contributed by atoms with Crippen LogP contribution >= 0.6 is 0 Å². The Balaban J connectivity index is 1.83. The van der Waals surface area contributed by atoms with E-state index in [1.807, 2.05) is 31.3 Å². The van der Waals surface area contributed by atoms with Gasteiger partial charge in [-0.2, -0.15) is 0 Å². The van der Waals surface area contributed by atoms with Crippen LogP contribution in [-0.2, 0) is 6.42 Å². The van der Waals surface area contributed by atoms with Gasteiger partial charge in [-0.15, -0.1) is 0 Å². The first-order valence-electron chi connectivity index (χ1n) is 11.0. The summed E-state index contributed by atoms with van der Waals surface area (Å²) in [7, 11) is 1.83. The molecule has 0 aromatic heterocycles. The van der Waals surface area contributed by atoms with Gasteiger partial charge in [0.2, 0.25) is 0 Å². The summed E-state index contributed by atoms with van der Waals surface area (Å²) in [5, 5.41) is 12.8. The minimum absolute atomic E-state index is 0.195. The molecular weight excluding hydrogens is 405 g/mol. The lowest BCUT2D eigenvalue weighted by Gasteiger charge is -2.18. The maximum atomic E-state index is 14.9. The molecule has 2 N–H and O–H groups in total. The second-order valence-electron chi connectivity index (χ2n) is 7.77. The molecule has 1 aliphatic heterocycles. The first-order valence-corrected chi connectivity index (χ1v) is 11.0. The number of rotatable bonds is 8. The van der Waals surface area contributed by atoms with E-state index < -0.39 is 5.82 Å². The maximum Gasteiger partial charge on any atom is 0.165 e. The zero-order valence-corrected chi connectivity index (χ0v) is 18.5. The molecular formula is C27H28FNO3. The lowest BCUT2D eigenvalue weighted by Crippen LogP contribution is -2.16. The topological polar surface area (TPSA) is 50.7 Å². The van der Waals surface area contributed by atoms with Crippen molar-refractivity contribution in [1.82, 2.24) is 5.32 Å². The Morgan fingerprint density at radius 2 is 1.78 bits per heavy atom. The third-order valence-corrected chi connectivity index (χ3v) is 5.68. The van der Waals surface area contributed by atoms with Gasteiger partial charge in [0.25, 0.3) is 0 Å². The number of allylic oxidation sites excluding steroid dienone is 1. The number of phenolic OH excluding ortho intramolecular Hbond substituents is 1. The second kappa shape index (κ2) is 9.88. The van der Waals surface area contributed by atoms with Crippen molar-refractivity contribution in [2.45, 2.75) is 19.8 Å². The van der Waals surface area contributed by atoms with Crippen molar-refractivity contribution in [3.63, 3.8) is 0 Å². The molecule has 0 spiro atoms. The van der Waals surface area contributed by atoms with Crippen LogP contribution in [0.1, 0.15) is 35.6 Å². The van der Waals surface area contributed by atoms with Crippen molar-refractivity contribution in [3.8, 4) is 17.2 Å². The highest BCUT2D eigenvalue weighted by atomic mass is 19.1. The Morgan fingerprint density at radius 1 is 1.03 bits per heavy atom. The molecule has 0 amide bonds. The van der Waals surface area contributed by atoms with Gasteiger partial charge >= 0.3 is 0 Å². The van der Waals surface area contributed by atoms with E-state index in [0.717, 1.165) is 46.4 Å². The summed E-state index contributed by atoms with van der Waals surface area (Å²) in [6, 6.07) is 18.4. The average molecular weight is 434 g/mol. The number of hydrogen-bond acceptors (Lipinski definition) is 4. The van der Waals surface area contributed by atoms with Crippen LogP contribution in [0.2, 0.25) is 0 Å². The van der Waals surface area contributed by atoms with E-state index in [-0.39, 0.29) is 11.5 Å². The van der Waals surface area contributed by atoms with Crippen LogP contribution in [0.4, 0.5) is 4.39 Å². The van der Waals surface area contributed by atoms with Crippen LogP contribution in [-0.4, -0.2) is 31.9 Å². The fraction of sp³-hybridized carbons (Fsp3) is 0.259. The highest BCUT2D eigenvalue weighted by Crippen LogP contribution is 2.38. The fourth-order valence-corrected chi connectivity index (χ4v) is 4.08. The number of phenols is 1. The zero-order chi connectivity index (χ0) is 22.5. The fourth-order valence-electron chi connectivity index (χ4n) is 4.08. The van der Waals surface area contributed by atoms with Crippen LogP contribution in [0, 0.1) is 5.82 Å². The molecule has 1 aliphatic rings. The number of hydrogen-bond donors (Lipinski definition) is 2. The van der Waals surface area contributed by atoms with E-state index in [2.05, 4.69) is 24.4 Å². The minimum atomic E-state index is -0.396. The van der Waals surface area contributed by atoms with Gasteiger partial charge in [0.1, 0.15) is 18.1 Å². The Kier molecular flexibility index (Phi) is 6.76. The van der Waals surface area contributed by atoms with E-state index >= 15 is 0 Å². The molecule has 166 valence electrons. The van der Waals surface area contributed by atoms with Gasteiger partial charge in [-0.25, -0.2) is 4.39 Å². The molecule has 32 heavy (non-hydrogen) atoms. The number of likely N-dealkylation sites (N-methyl/N-ethyl adjacent to an activating group) is 1. The predicted octanol–water partition coefficient (Wildman–Crippen LogP) is 5.43. The normalized spacial score (nSPS) is 13.3. The van der Waals surface area contributed by atoms with Gasteiger partial charge in [-0.1, -0.05) is 31.2 Å². The van der Waals surface area contributed by atoms with E-state index in [1.165, 1.54) is 11.6 Å². The van der Waals surface area contributed by atoms with Gasteiger partial charge < -0.3 is 19.9 Å². The SMILES string of the molecule is CC/C(=C(/c1ccc(O)cc1)c1ccc(OCCNC)c(F)c1)c1ccc2c(c1)CCO2. The predicted molar refractivity (Wildman–Crippen MR) is 126 cm³/mol. The summed E-state index contributed by atoms with van der Waals surface area (Å²) in [5.74, 6) is 0.972. The molecule has 1 heterocycles. The Hall–Kier alpha value is -3.31. The minimum Gasteiger partial charge on any atom is -0.508 e. The third kappa shape index (κ3) is 4.63. The largest absolute Gasteiger partial charge is 0.508 e. The molecule has 0 saturated heterocycles. The average Bonchev–Trinajstić information content (AvgIpc) is 3.27. The molecule has 3 aromatic rings. The summed E-state index contributed by atoms with van der Waals surface area (Å²) >= 11 is 0. The number of nitrogens with one attached hydrogen (secondary N) is 1. The summed E-state index contributed by atoms with van der Waals surface area (Å²) < 4.78 is 26.2. The molecule has 3 aromatic carbocycles. The maximum absolute atomic E-state index is 14.9. The van der Waals surface area contributed by atoms with Crippen molar-refractivity contribution in [1.29, 1.82) is 0 Å². The van der Waals surface area contributed by atoms with Crippen LogP contribution < -0.4 is 14.8 Å². The van der Waals surface area contributed by atoms with Crippen molar-refractivity contribution < 1.29 is 19.0 Å². The van der Waals surface area contributed by atoms with Crippen molar-refractivity contribution in [2.24, 2.45) is 0 Å². The molecule has 0 fully saturated rings. The Morgan fingerprint density at radius 3 is 2.50 bits per heavy atom. The second-order valence-corrected chi connectivity index (χ2v) is 7.77. The number of fused-ring (bicyclic) bond motifs is 1. The smallest absolute Gasteiger partial charge is 0.165 e. The van der Waals surface area contributed by atoms with E-state index in [4.69, 9.17) is 9.47 Å². The summed E-state index contributed by atoms with van der Waals surface area (Å²) in [5.41, 5.74) is 6.01. The lowest BCUT2D eigenvalue weighted by molar-refractivity contribution is 0.302. The Labute approximate surface area is 188 Å². The molecule has 4 nitrogen and oxygen atoms in total.